The van der Waals surface area contributed by atoms with E-state index >= 15 is 0 Å². The summed E-state index contributed by atoms with van der Waals surface area (Å²) in [5, 5.41) is 3.56. The predicted molar refractivity (Wildman–Crippen MR) is 264 cm³/mol. The average molecular weight is 855 g/mol. The Labute approximate surface area is 376 Å². The molecule has 0 aromatic rings. The molecule has 6 heterocycles. The molecule has 0 aromatic carbocycles. The molecule has 0 unspecified atom stereocenters. The highest BCUT2D eigenvalue weighted by atomic mass is 31.1. The van der Waals surface area contributed by atoms with Gasteiger partial charge in [-0.1, -0.05) is 57.8 Å². The van der Waals surface area contributed by atoms with E-state index in [1.807, 2.05) is 0 Å². The quantitative estimate of drug-likeness (QED) is 0.116. The van der Waals surface area contributed by atoms with Crippen molar-refractivity contribution in [3.8, 4) is 0 Å². The van der Waals surface area contributed by atoms with Crippen molar-refractivity contribution in [1.82, 2.24) is 29.8 Å². The molecular weight excluding hydrogens is 752 g/mol. The minimum absolute atomic E-state index is 0.122. The van der Waals surface area contributed by atoms with E-state index in [-0.39, 0.29) is 7.92 Å². The van der Waals surface area contributed by atoms with E-state index in [1.165, 1.54) is 251 Å². The fraction of sp³-hybridized carbons (Fsp3) is 1.00. The normalized spacial score (nSPS) is 25.2. The first-order valence-electron chi connectivity index (χ1n) is 27.1. The minimum atomic E-state index is 0.122. The highest BCUT2D eigenvalue weighted by Crippen LogP contribution is 2.38. The number of rotatable bonds is 21. The molecule has 60 heavy (non-hydrogen) atoms. The Morgan fingerprint density at radius 2 is 0.617 bits per heavy atom. The molecule has 0 spiro atoms. The van der Waals surface area contributed by atoms with Crippen molar-refractivity contribution in [2.75, 3.05) is 117 Å². The molecule has 1 N–H and O–H groups in total. The van der Waals surface area contributed by atoms with Gasteiger partial charge in [-0.25, -0.2) is 0 Å². The lowest BCUT2D eigenvalue weighted by molar-refractivity contribution is 0.0837. The van der Waals surface area contributed by atoms with Crippen LogP contribution in [0.25, 0.3) is 0 Å². The molecule has 0 radical (unpaired) electrons. The van der Waals surface area contributed by atoms with Gasteiger partial charge in [0.1, 0.15) is 0 Å². The maximum atomic E-state index is 3.56. The van der Waals surface area contributed by atoms with E-state index in [2.05, 4.69) is 71.4 Å². The van der Waals surface area contributed by atoms with Crippen LogP contribution in [0, 0.1) is 35.5 Å². The van der Waals surface area contributed by atoms with E-state index in [4.69, 9.17) is 0 Å². The van der Waals surface area contributed by atoms with Crippen molar-refractivity contribution >= 4 is 7.92 Å². The van der Waals surface area contributed by atoms with Gasteiger partial charge >= 0.3 is 0 Å². The molecule has 6 fully saturated rings. The van der Waals surface area contributed by atoms with Gasteiger partial charge in [0.05, 0.1) is 0 Å². The lowest BCUT2D eigenvalue weighted by Gasteiger charge is -2.41. The first-order chi connectivity index (χ1) is 29.0. The van der Waals surface area contributed by atoms with Gasteiger partial charge in [-0.15, -0.1) is 7.92 Å². The Morgan fingerprint density at radius 1 is 0.367 bits per heavy atom. The predicted octanol–water partition coefficient (Wildman–Crippen LogP) is 11.1. The molecule has 0 amide bonds. The van der Waals surface area contributed by atoms with E-state index in [9.17, 15) is 0 Å². The summed E-state index contributed by atoms with van der Waals surface area (Å²) >= 11 is 0. The Hall–Kier alpha value is 0.190. The van der Waals surface area contributed by atoms with Crippen LogP contribution in [0.2, 0.25) is 0 Å². The lowest BCUT2D eigenvalue weighted by Crippen LogP contribution is -2.46. The second kappa shape index (κ2) is 25.8. The topological polar surface area (TPSA) is 28.2 Å². The van der Waals surface area contributed by atoms with Crippen LogP contribution in [0.4, 0.5) is 0 Å². The zero-order chi connectivity index (χ0) is 42.2. The van der Waals surface area contributed by atoms with Gasteiger partial charge in [0.15, 0.2) is 0 Å². The summed E-state index contributed by atoms with van der Waals surface area (Å²) in [5.74, 6) is 6.00. The third kappa shape index (κ3) is 17.9. The van der Waals surface area contributed by atoms with Crippen molar-refractivity contribution in [3.63, 3.8) is 0 Å². The van der Waals surface area contributed by atoms with Gasteiger partial charge in [-0.2, -0.15) is 0 Å². The molecule has 0 bridgehead atoms. The molecule has 0 aliphatic carbocycles. The number of nitrogens with one attached hydrogen (secondary N) is 1. The average Bonchev–Trinajstić information content (AvgIpc) is 3.25. The summed E-state index contributed by atoms with van der Waals surface area (Å²) in [6.07, 6.45) is 35.4. The Balaban J connectivity index is 0.862. The fourth-order valence-corrected chi connectivity index (χ4v) is 15.1. The number of piperidine rings is 6. The zero-order valence-corrected chi connectivity index (χ0v) is 42.1. The maximum Gasteiger partial charge on any atom is 0.0125 e. The second-order valence-electron chi connectivity index (χ2n) is 23.9. The van der Waals surface area contributed by atoms with Crippen LogP contribution in [0.1, 0.15) is 176 Å². The van der Waals surface area contributed by atoms with Gasteiger partial charge in [0.25, 0.3) is 0 Å². The molecule has 7 heteroatoms. The zero-order valence-electron chi connectivity index (χ0n) is 41.2. The summed E-state index contributed by atoms with van der Waals surface area (Å²) < 4.78 is 0. The third-order valence-electron chi connectivity index (χ3n) is 17.6. The highest BCUT2D eigenvalue weighted by molar-refractivity contribution is 7.57. The van der Waals surface area contributed by atoms with Gasteiger partial charge < -0.3 is 20.0 Å². The number of likely N-dealkylation sites (tertiary alicyclic amines) is 5. The van der Waals surface area contributed by atoms with E-state index in [1.54, 1.807) is 0 Å². The van der Waals surface area contributed by atoms with Gasteiger partial charge in [0.2, 0.25) is 0 Å². The van der Waals surface area contributed by atoms with Gasteiger partial charge in [0, 0.05) is 30.7 Å². The Morgan fingerprint density at radius 3 is 0.883 bits per heavy atom. The van der Waals surface area contributed by atoms with Crippen LogP contribution >= 0.6 is 7.92 Å². The lowest BCUT2D eigenvalue weighted by atomic mass is 9.86. The monoisotopic (exact) mass is 855 g/mol. The highest BCUT2D eigenvalue weighted by Gasteiger charge is 2.30. The van der Waals surface area contributed by atoms with Crippen molar-refractivity contribution in [1.29, 1.82) is 0 Å². The molecule has 0 atom stereocenters. The van der Waals surface area contributed by atoms with E-state index in [0.717, 1.165) is 35.5 Å². The SMILES string of the molecule is CC(C)(C)N1CCC(CCCC2CCN(CCP(CCN3CCC(CCCC4CCNCC4)CC3)CCN3CCC(CCCC4CCN(C(C)(C)C)CC4)CC3)CC2)CC1. The summed E-state index contributed by atoms with van der Waals surface area (Å²) in [4.78, 5) is 14.1. The summed E-state index contributed by atoms with van der Waals surface area (Å²) in [5.41, 5.74) is 0.703. The van der Waals surface area contributed by atoms with E-state index < -0.39 is 0 Å². The fourth-order valence-electron chi connectivity index (χ4n) is 12.7. The van der Waals surface area contributed by atoms with Crippen LogP contribution in [-0.4, -0.2) is 152 Å². The number of hydrogen-bond donors (Lipinski definition) is 1. The van der Waals surface area contributed by atoms with Crippen LogP contribution in [0.15, 0.2) is 0 Å². The standard InChI is InChI=1S/C53H103N6P/c1-52(2,3)58-36-24-50(25-37-58)14-8-12-48-20-32-56(33-21-48)41-44-60(43-40-55-30-18-47(19-31-55)11-7-10-46-16-28-54-29-17-46)45-42-57-34-22-49(23-35-57)13-9-15-51-26-38-59(39-27-51)53(4,5)6/h46-51,54H,7-45H2,1-6H3. The molecule has 6 saturated heterocycles. The molecule has 6 rings (SSSR count). The van der Waals surface area contributed by atoms with Crippen molar-refractivity contribution in [3.05, 3.63) is 0 Å². The van der Waals surface area contributed by atoms with Crippen LogP contribution < -0.4 is 5.32 Å². The molecule has 0 saturated carbocycles. The largest absolute Gasteiger partial charge is 0.317 e. The van der Waals surface area contributed by atoms with Crippen molar-refractivity contribution < 1.29 is 0 Å². The van der Waals surface area contributed by atoms with Gasteiger partial charge in [-0.05, 0) is 251 Å². The first-order valence-corrected chi connectivity index (χ1v) is 29.0. The molecule has 350 valence electrons. The van der Waals surface area contributed by atoms with Crippen LogP contribution in [0.3, 0.4) is 0 Å². The second-order valence-corrected chi connectivity index (χ2v) is 26.6. The van der Waals surface area contributed by atoms with Crippen molar-refractivity contribution in [2.45, 2.75) is 187 Å². The van der Waals surface area contributed by atoms with Crippen molar-refractivity contribution in [2.24, 2.45) is 35.5 Å². The smallest absolute Gasteiger partial charge is 0.0125 e. The molecular formula is C53H103N6P. The minimum Gasteiger partial charge on any atom is -0.317 e. The first kappa shape index (κ1) is 49.6. The summed E-state index contributed by atoms with van der Waals surface area (Å²) in [6, 6.07) is 0. The Bertz CT molecular complexity index is 1040. The van der Waals surface area contributed by atoms with Crippen LogP contribution in [-0.2, 0) is 0 Å². The number of nitrogens with zero attached hydrogens (tertiary/aromatic N) is 5. The van der Waals surface area contributed by atoms with E-state index in [0.29, 0.717) is 11.1 Å². The molecule has 6 aliphatic heterocycles. The summed E-state index contributed by atoms with van der Waals surface area (Å²) in [7, 11) is 0.122. The molecule has 6 nitrogen and oxygen atoms in total. The van der Waals surface area contributed by atoms with Crippen LogP contribution in [0.5, 0.6) is 0 Å². The number of hydrogen-bond acceptors (Lipinski definition) is 6. The third-order valence-corrected chi connectivity index (χ3v) is 20.1. The molecule has 0 aromatic heterocycles. The van der Waals surface area contributed by atoms with Gasteiger partial charge in [-0.3, -0.25) is 9.80 Å². The maximum absolute atomic E-state index is 3.56. The molecule has 6 aliphatic rings. The summed E-state index contributed by atoms with van der Waals surface area (Å²) in [6.45, 7) is 34.6. The Kier molecular flexibility index (Phi) is 21.3.